The van der Waals surface area contributed by atoms with Crippen molar-refractivity contribution in [3.05, 3.63) is 24.3 Å². The van der Waals surface area contributed by atoms with Crippen LogP contribution < -0.4 is 10.5 Å². The van der Waals surface area contributed by atoms with Crippen LogP contribution in [0.25, 0.3) is 0 Å². The van der Waals surface area contributed by atoms with Crippen molar-refractivity contribution >= 4 is 15.7 Å². The van der Waals surface area contributed by atoms with Crippen molar-refractivity contribution in [2.45, 2.75) is 50.5 Å². The van der Waals surface area contributed by atoms with Crippen LogP contribution >= 0.6 is 0 Å². The predicted molar refractivity (Wildman–Crippen MR) is 75.0 cm³/mol. The number of nitrogens with one attached hydrogen (secondary N) is 1. The molecule has 0 saturated carbocycles. The van der Waals surface area contributed by atoms with E-state index in [1.165, 1.54) is 25.0 Å². The second kappa shape index (κ2) is 6.75. The number of anilines is 1. The second-order valence-electron chi connectivity index (χ2n) is 4.46. The lowest BCUT2D eigenvalue weighted by molar-refractivity contribution is 0.593. The monoisotopic (exact) mass is 270 g/mol. The van der Waals surface area contributed by atoms with E-state index in [2.05, 4.69) is 19.2 Å². The first-order chi connectivity index (χ1) is 8.47. The number of nitrogens with two attached hydrogens (primary N) is 1. The van der Waals surface area contributed by atoms with E-state index in [9.17, 15) is 8.42 Å². The van der Waals surface area contributed by atoms with Crippen LogP contribution in [-0.2, 0) is 10.0 Å². The first-order valence-electron chi connectivity index (χ1n) is 6.36. The largest absolute Gasteiger partial charge is 0.382 e. The number of hydrogen-bond acceptors (Lipinski definition) is 3. The van der Waals surface area contributed by atoms with Gasteiger partial charge < -0.3 is 5.32 Å². The third-order valence-electron chi connectivity index (χ3n) is 2.95. The molecule has 4 nitrogen and oxygen atoms in total. The number of sulfonamides is 1. The standard InChI is InChI=1S/C13H22N2O2S/c1-3-5-6-11(4-2)15-12-7-9-13(10-8-12)18(14,16)17/h7-11,15H,3-6H2,1-2H3,(H2,14,16,17). The van der Waals surface area contributed by atoms with Gasteiger partial charge in [0.05, 0.1) is 4.90 Å². The molecule has 1 unspecified atom stereocenters. The van der Waals surface area contributed by atoms with Gasteiger partial charge in [0.1, 0.15) is 0 Å². The molecule has 1 atom stereocenters. The molecular weight excluding hydrogens is 248 g/mol. The Balaban J connectivity index is 2.68. The fraction of sp³-hybridized carbons (Fsp3) is 0.538. The van der Waals surface area contributed by atoms with Gasteiger partial charge in [-0.3, -0.25) is 0 Å². The molecule has 3 N–H and O–H groups in total. The molecule has 0 heterocycles. The molecular formula is C13H22N2O2S. The van der Waals surface area contributed by atoms with Gasteiger partial charge in [-0.2, -0.15) is 0 Å². The lowest BCUT2D eigenvalue weighted by Gasteiger charge is -2.18. The molecule has 0 aliphatic carbocycles. The summed E-state index contributed by atoms with van der Waals surface area (Å²) in [5, 5.41) is 8.46. The van der Waals surface area contributed by atoms with Crippen molar-refractivity contribution in [1.82, 2.24) is 0 Å². The zero-order valence-electron chi connectivity index (χ0n) is 11.0. The van der Waals surface area contributed by atoms with Gasteiger partial charge in [-0.25, -0.2) is 13.6 Å². The first kappa shape index (κ1) is 15.0. The fourth-order valence-electron chi connectivity index (χ4n) is 1.81. The van der Waals surface area contributed by atoms with Crippen molar-refractivity contribution in [3.63, 3.8) is 0 Å². The van der Waals surface area contributed by atoms with E-state index < -0.39 is 10.0 Å². The highest BCUT2D eigenvalue weighted by Gasteiger charge is 2.08. The Morgan fingerprint density at radius 1 is 1.22 bits per heavy atom. The maximum Gasteiger partial charge on any atom is 0.238 e. The lowest BCUT2D eigenvalue weighted by atomic mass is 10.1. The van der Waals surface area contributed by atoms with Crippen LogP contribution in [0.5, 0.6) is 0 Å². The van der Waals surface area contributed by atoms with Crippen LogP contribution in [0, 0.1) is 0 Å². The van der Waals surface area contributed by atoms with Crippen LogP contribution in [0.15, 0.2) is 29.2 Å². The van der Waals surface area contributed by atoms with Gasteiger partial charge in [0.25, 0.3) is 0 Å². The maximum absolute atomic E-state index is 11.1. The smallest absolute Gasteiger partial charge is 0.238 e. The zero-order valence-corrected chi connectivity index (χ0v) is 11.8. The summed E-state index contributed by atoms with van der Waals surface area (Å²) in [4.78, 5) is 0.148. The van der Waals surface area contributed by atoms with E-state index >= 15 is 0 Å². The predicted octanol–water partition coefficient (Wildman–Crippen LogP) is 2.71. The van der Waals surface area contributed by atoms with Crippen LogP contribution in [0.2, 0.25) is 0 Å². The Labute approximate surface area is 110 Å². The van der Waals surface area contributed by atoms with Gasteiger partial charge in [0.2, 0.25) is 10.0 Å². The van der Waals surface area contributed by atoms with E-state index in [1.54, 1.807) is 12.1 Å². The Kier molecular flexibility index (Phi) is 5.62. The third kappa shape index (κ3) is 4.66. The Bertz CT molecular complexity index is 454. The molecule has 0 aromatic heterocycles. The van der Waals surface area contributed by atoms with E-state index in [1.807, 2.05) is 0 Å². The van der Waals surface area contributed by atoms with Crippen LogP contribution in [0.3, 0.4) is 0 Å². The Morgan fingerprint density at radius 3 is 2.28 bits per heavy atom. The van der Waals surface area contributed by atoms with E-state index in [-0.39, 0.29) is 4.90 Å². The summed E-state index contributed by atoms with van der Waals surface area (Å²) in [6, 6.07) is 7.02. The van der Waals surface area contributed by atoms with Crippen LogP contribution in [0.4, 0.5) is 5.69 Å². The molecule has 102 valence electrons. The van der Waals surface area contributed by atoms with Crippen LogP contribution in [0.1, 0.15) is 39.5 Å². The molecule has 0 saturated heterocycles. The molecule has 0 bridgehead atoms. The van der Waals surface area contributed by atoms with Gasteiger partial charge in [0, 0.05) is 11.7 Å². The van der Waals surface area contributed by atoms with Crippen molar-refractivity contribution in [1.29, 1.82) is 0 Å². The molecule has 0 spiro atoms. The van der Waals surface area contributed by atoms with Gasteiger partial charge in [-0.15, -0.1) is 0 Å². The molecule has 1 aromatic carbocycles. The SMILES string of the molecule is CCCCC(CC)Nc1ccc(S(N)(=O)=O)cc1. The summed E-state index contributed by atoms with van der Waals surface area (Å²) in [6.07, 6.45) is 4.56. The van der Waals surface area contributed by atoms with Crippen molar-refractivity contribution < 1.29 is 8.42 Å². The summed E-state index contributed by atoms with van der Waals surface area (Å²) in [7, 11) is -3.60. The average Bonchev–Trinajstić information content (AvgIpc) is 2.34. The zero-order chi connectivity index (χ0) is 13.6. The minimum absolute atomic E-state index is 0.148. The molecule has 0 amide bonds. The Morgan fingerprint density at radius 2 is 1.83 bits per heavy atom. The highest BCUT2D eigenvalue weighted by molar-refractivity contribution is 7.89. The first-order valence-corrected chi connectivity index (χ1v) is 7.91. The van der Waals surface area contributed by atoms with E-state index in [0.717, 1.165) is 18.5 Å². The van der Waals surface area contributed by atoms with Gasteiger partial charge in [0.15, 0.2) is 0 Å². The molecule has 0 aliphatic heterocycles. The van der Waals surface area contributed by atoms with Crippen molar-refractivity contribution in [2.75, 3.05) is 5.32 Å². The summed E-state index contributed by atoms with van der Waals surface area (Å²) < 4.78 is 22.2. The number of primary sulfonamides is 1. The summed E-state index contributed by atoms with van der Waals surface area (Å²) in [5.74, 6) is 0. The number of rotatable bonds is 7. The molecule has 0 radical (unpaired) electrons. The quantitative estimate of drug-likeness (QED) is 0.800. The van der Waals surface area contributed by atoms with Gasteiger partial charge >= 0.3 is 0 Å². The van der Waals surface area contributed by atoms with Gasteiger partial charge in [-0.1, -0.05) is 26.7 Å². The lowest BCUT2D eigenvalue weighted by Crippen LogP contribution is -2.18. The minimum Gasteiger partial charge on any atom is -0.382 e. The second-order valence-corrected chi connectivity index (χ2v) is 6.02. The number of hydrogen-bond donors (Lipinski definition) is 2. The Hall–Kier alpha value is -1.07. The van der Waals surface area contributed by atoms with Gasteiger partial charge in [-0.05, 0) is 37.1 Å². The minimum atomic E-state index is -3.60. The fourth-order valence-corrected chi connectivity index (χ4v) is 2.32. The summed E-state index contributed by atoms with van der Waals surface area (Å²) in [6.45, 7) is 4.32. The van der Waals surface area contributed by atoms with Crippen molar-refractivity contribution in [3.8, 4) is 0 Å². The number of unbranched alkanes of at least 4 members (excludes halogenated alkanes) is 1. The highest BCUT2D eigenvalue weighted by Crippen LogP contribution is 2.16. The normalized spacial score (nSPS) is 13.3. The third-order valence-corrected chi connectivity index (χ3v) is 3.88. The maximum atomic E-state index is 11.1. The molecule has 0 fully saturated rings. The van der Waals surface area contributed by atoms with Crippen molar-refractivity contribution in [2.24, 2.45) is 5.14 Å². The summed E-state index contributed by atoms with van der Waals surface area (Å²) in [5.41, 5.74) is 0.936. The van der Waals surface area contributed by atoms with Crippen LogP contribution in [-0.4, -0.2) is 14.5 Å². The topological polar surface area (TPSA) is 72.2 Å². The molecule has 0 aliphatic rings. The molecule has 1 rings (SSSR count). The average molecular weight is 270 g/mol. The van der Waals surface area contributed by atoms with E-state index in [4.69, 9.17) is 5.14 Å². The molecule has 5 heteroatoms. The molecule has 1 aromatic rings. The summed E-state index contributed by atoms with van der Waals surface area (Å²) >= 11 is 0. The molecule has 18 heavy (non-hydrogen) atoms. The number of benzene rings is 1. The highest BCUT2D eigenvalue weighted by atomic mass is 32.2. The van der Waals surface area contributed by atoms with E-state index in [0.29, 0.717) is 6.04 Å².